The normalized spacial score (nSPS) is 18.6. The molecule has 70 valence electrons. The summed E-state index contributed by atoms with van der Waals surface area (Å²) in [5.74, 6) is 1.85. The number of allylic oxidation sites excluding steroid dienone is 2. The molecule has 0 bridgehead atoms. The third kappa shape index (κ3) is 1.15. The van der Waals surface area contributed by atoms with E-state index in [0.29, 0.717) is 0 Å². The number of hydrogen-bond donors (Lipinski definition) is 0. The van der Waals surface area contributed by atoms with Crippen molar-refractivity contribution >= 4 is 11.4 Å². The fourth-order valence-electron chi connectivity index (χ4n) is 1.85. The predicted octanol–water partition coefficient (Wildman–Crippen LogP) is 3.22. The van der Waals surface area contributed by atoms with Gasteiger partial charge >= 0.3 is 0 Å². The maximum atomic E-state index is 5.77. The SMILES string of the molecule is C1=C2Oc3ccccc3N=C2CCC1. The molecule has 2 aliphatic rings. The Kier molecular flexibility index (Phi) is 1.66. The Bertz CT molecular complexity index is 432. The topological polar surface area (TPSA) is 21.6 Å². The van der Waals surface area contributed by atoms with Crippen LogP contribution in [0.5, 0.6) is 5.75 Å². The third-order valence-electron chi connectivity index (χ3n) is 2.57. The molecule has 0 amide bonds. The summed E-state index contributed by atoms with van der Waals surface area (Å²) in [7, 11) is 0. The van der Waals surface area contributed by atoms with Crippen LogP contribution in [0.3, 0.4) is 0 Å². The van der Waals surface area contributed by atoms with E-state index in [1.807, 2.05) is 24.3 Å². The highest BCUT2D eigenvalue weighted by Gasteiger charge is 2.19. The fourth-order valence-corrected chi connectivity index (χ4v) is 1.85. The average Bonchev–Trinajstić information content (AvgIpc) is 2.26. The van der Waals surface area contributed by atoms with Crippen LogP contribution in [0.4, 0.5) is 5.69 Å². The van der Waals surface area contributed by atoms with Crippen LogP contribution >= 0.6 is 0 Å². The number of nitrogens with zero attached hydrogens (tertiary/aromatic N) is 1. The Morgan fingerprint density at radius 1 is 1.21 bits per heavy atom. The lowest BCUT2D eigenvalue weighted by Crippen LogP contribution is -2.15. The van der Waals surface area contributed by atoms with E-state index in [0.717, 1.165) is 35.7 Å². The second kappa shape index (κ2) is 2.98. The van der Waals surface area contributed by atoms with Gasteiger partial charge in [0, 0.05) is 0 Å². The molecule has 1 aliphatic carbocycles. The first-order valence-electron chi connectivity index (χ1n) is 4.98. The highest BCUT2D eigenvalue weighted by atomic mass is 16.5. The van der Waals surface area contributed by atoms with Gasteiger partial charge in [-0.05, 0) is 37.5 Å². The van der Waals surface area contributed by atoms with Gasteiger partial charge in [0.1, 0.15) is 11.4 Å². The molecule has 0 fully saturated rings. The van der Waals surface area contributed by atoms with E-state index in [4.69, 9.17) is 4.74 Å². The zero-order chi connectivity index (χ0) is 9.38. The molecule has 3 rings (SSSR count). The summed E-state index contributed by atoms with van der Waals surface area (Å²) >= 11 is 0. The fraction of sp³-hybridized carbons (Fsp3) is 0.250. The summed E-state index contributed by atoms with van der Waals surface area (Å²) in [5, 5.41) is 0. The largest absolute Gasteiger partial charge is 0.454 e. The van der Waals surface area contributed by atoms with Crippen molar-refractivity contribution in [3.8, 4) is 5.75 Å². The van der Waals surface area contributed by atoms with Gasteiger partial charge in [-0.2, -0.15) is 0 Å². The van der Waals surface area contributed by atoms with Gasteiger partial charge in [-0.15, -0.1) is 0 Å². The standard InChI is InChI=1S/C12H11NO/c1-3-7-11-9(5-1)13-10-6-2-4-8-12(10)14-11/h1,3,5,7-8H,2,4,6H2. The first kappa shape index (κ1) is 7.80. The van der Waals surface area contributed by atoms with Crippen molar-refractivity contribution in [1.82, 2.24) is 0 Å². The van der Waals surface area contributed by atoms with Crippen molar-refractivity contribution < 1.29 is 4.74 Å². The van der Waals surface area contributed by atoms with E-state index >= 15 is 0 Å². The smallest absolute Gasteiger partial charge is 0.153 e. The van der Waals surface area contributed by atoms with Crippen LogP contribution in [0.15, 0.2) is 41.1 Å². The summed E-state index contributed by atoms with van der Waals surface area (Å²) in [6.07, 6.45) is 5.48. The molecular formula is C12H11NO. The average molecular weight is 185 g/mol. The minimum atomic E-state index is 0.879. The lowest BCUT2D eigenvalue weighted by Gasteiger charge is -2.21. The van der Waals surface area contributed by atoms with E-state index < -0.39 is 0 Å². The van der Waals surface area contributed by atoms with Gasteiger partial charge in [0.15, 0.2) is 5.75 Å². The molecule has 0 saturated heterocycles. The molecule has 2 heteroatoms. The van der Waals surface area contributed by atoms with Crippen molar-refractivity contribution in [2.24, 2.45) is 4.99 Å². The molecule has 2 nitrogen and oxygen atoms in total. The van der Waals surface area contributed by atoms with Crippen molar-refractivity contribution in [3.63, 3.8) is 0 Å². The monoisotopic (exact) mass is 185 g/mol. The van der Waals surface area contributed by atoms with Crippen LogP contribution in [0, 0.1) is 0 Å². The summed E-state index contributed by atoms with van der Waals surface area (Å²) in [6, 6.07) is 7.92. The van der Waals surface area contributed by atoms with E-state index in [1.165, 1.54) is 6.42 Å². The number of benzene rings is 1. The van der Waals surface area contributed by atoms with E-state index in [1.54, 1.807) is 0 Å². The van der Waals surface area contributed by atoms with Crippen LogP contribution < -0.4 is 4.74 Å². The number of hydrogen-bond acceptors (Lipinski definition) is 2. The number of rotatable bonds is 0. The van der Waals surface area contributed by atoms with E-state index in [-0.39, 0.29) is 0 Å². The molecule has 0 saturated carbocycles. The first-order chi connectivity index (χ1) is 6.93. The van der Waals surface area contributed by atoms with Gasteiger partial charge in [-0.3, -0.25) is 0 Å². The summed E-state index contributed by atoms with van der Waals surface area (Å²) < 4.78 is 5.77. The van der Waals surface area contributed by atoms with Gasteiger partial charge in [0.2, 0.25) is 0 Å². The van der Waals surface area contributed by atoms with Gasteiger partial charge in [0.25, 0.3) is 0 Å². The van der Waals surface area contributed by atoms with Crippen LogP contribution in [0.25, 0.3) is 0 Å². The van der Waals surface area contributed by atoms with Crippen molar-refractivity contribution in [2.45, 2.75) is 19.3 Å². The maximum absolute atomic E-state index is 5.77. The van der Waals surface area contributed by atoms with Crippen molar-refractivity contribution in [1.29, 1.82) is 0 Å². The predicted molar refractivity (Wildman–Crippen MR) is 56.1 cm³/mol. The molecule has 0 atom stereocenters. The molecule has 1 aliphatic heterocycles. The Balaban J connectivity index is 2.13. The third-order valence-corrected chi connectivity index (χ3v) is 2.57. The molecule has 0 spiro atoms. The molecule has 0 N–H and O–H groups in total. The quantitative estimate of drug-likeness (QED) is 0.608. The zero-order valence-corrected chi connectivity index (χ0v) is 7.86. The highest BCUT2D eigenvalue weighted by Crippen LogP contribution is 2.35. The molecule has 0 radical (unpaired) electrons. The summed E-state index contributed by atoms with van der Waals surface area (Å²) in [6.45, 7) is 0. The van der Waals surface area contributed by atoms with Crippen LogP contribution in [-0.2, 0) is 0 Å². The lowest BCUT2D eigenvalue weighted by atomic mass is 10.0. The molecular weight excluding hydrogens is 174 g/mol. The Morgan fingerprint density at radius 2 is 2.14 bits per heavy atom. The first-order valence-corrected chi connectivity index (χ1v) is 4.98. The molecule has 14 heavy (non-hydrogen) atoms. The maximum Gasteiger partial charge on any atom is 0.153 e. The minimum absolute atomic E-state index is 0.879. The van der Waals surface area contributed by atoms with Crippen LogP contribution in [0.2, 0.25) is 0 Å². The van der Waals surface area contributed by atoms with E-state index in [9.17, 15) is 0 Å². The van der Waals surface area contributed by atoms with Gasteiger partial charge in [-0.25, -0.2) is 4.99 Å². The Hall–Kier alpha value is -1.57. The van der Waals surface area contributed by atoms with Crippen molar-refractivity contribution in [3.05, 3.63) is 36.1 Å². The molecule has 0 unspecified atom stereocenters. The summed E-state index contributed by atoms with van der Waals surface area (Å²) in [4.78, 5) is 4.59. The summed E-state index contributed by atoms with van der Waals surface area (Å²) in [5.41, 5.74) is 2.07. The van der Waals surface area contributed by atoms with Crippen molar-refractivity contribution in [2.75, 3.05) is 0 Å². The number of fused-ring (bicyclic) bond motifs is 2. The van der Waals surface area contributed by atoms with Gasteiger partial charge in [-0.1, -0.05) is 12.1 Å². The number of aliphatic imine (C=N–C) groups is 1. The molecule has 1 heterocycles. The van der Waals surface area contributed by atoms with Gasteiger partial charge < -0.3 is 4.74 Å². The number of ether oxygens (including phenoxy) is 1. The molecule has 1 aromatic carbocycles. The minimum Gasteiger partial charge on any atom is -0.454 e. The molecule has 0 aromatic heterocycles. The van der Waals surface area contributed by atoms with Crippen LogP contribution in [0.1, 0.15) is 19.3 Å². The lowest BCUT2D eigenvalue weighted by molar-refractivity contribution is 0.440. The highest BCUT2D eigenvalue weighted by molar-refractivity contribution is 6.02. The van der Waals surface area contributed by atoms with Crippen LogP contribution in [-0.4, -0.2) is 5.71 Å². The van der Waals surface area contributed by atoms with Gasteiger partial charge in [0.05, 0.1) is 5.71 Å². The zero-order valence-electron chi connectivity index (χ0n) is 7.86. The van der Waals surface area contributed by atoms with E-state index in [2.05, 4.69) is 11.1 Å². The second-order valence-corrected chi connectivity index (χ2v) is 3.59. The second-order valence-electron chi connectivity index (χ2n) is 3.59. The molecule has 1 aromatic rings. The number of para-hydroxylation sites is 2. The Morgan fingerprint density at radius 3 is 3.14 bits per heavy atom. The Labute approximate surface area is 82.9 Å².